The highest BCUT2D eigenvalue weighted by molar-refractivity contribution is 5.97. The molecule has 2 heteroatoms. The average Bonchev–Trinajstić information content (AvgIpc) is 3.36. The molecule has 1 aromatic heterocycles. The molecular formula is C43H26N2. The summed E-state index contributed by atoms with van der Waals surface area (Å²) in [6.45, 7) is 0. The van der Waals surface area contributed by atoms with Crippen LogP contribution in [0, 0.1) is 11.3 Å². The molecule has 0 atom stereocenters. The van der Waals surface area contributed by atoms with Crippen molar-refractivity contribution in [2.75, 3.05) is 0 Å². The van der Waals surface area contributed by atoms with Crippen LogP contribution in [0.1, 0.15) is 27.8 Å². The van der Waals surface area contributed by atoms with Crippen molar-refractivity contribution in [1.29, 1.82) is 5.26 Å². The van der Waals surface area contributed by atoms with E-state index in [9.17, 15) is 5.26 Å². The van der Waals surface area contributed by atoms with Crippen molar-refractivity contribution >= 4 is 0 Å². The molecule has 1 heterocycles. The van der Waals surface area contributed by atoms with Crippen LogP contribution in [0.5, 0.6) is 0 Å². The maximum Gasteiger partial charge on any atom is 0.0991 e. The lowest BCUT2D eigenvalue weighted by Gasteiger charge is -2.35. The molecule has 7 aromatic rings. The predicted octanol–water partition coefficient (Wildman–Crippen LogP) is 10.3. The Bertz CT molecular complexity index is 2280. The molecule has 0 N–H and O–H groups in total. The minimum atomic E-state index is -0.469. The molecule has 9 rings (SSSR count). The van der Waals surface area contributed by atoms with Gasteiger partial charge >= 0.3 is 0 Å². The zero-order chi connectivity index (χ0) is 30.0. The van der Waals surface area contributed by atoms with Gasteiger partial charge in [0, 0.05) is 17.3 Å². The quantitative estimate of drug-likeness (QED) is 0.207. The second-order valence-corrected chi connectivity index (χ2v) is 11.8. The highest BCUT2D eigenvalue weighted by Gasteiger charge is 2.49. The van der Waals surface area contributed by atoms with Crippen molar-refractivity contribution in [3.05, 3.63) is 186 Å². The molecule has 0 amide bonds. The SMILES string of the molecule is N#Cc1ccc(-c2ccc(-c3ccc4c(c3)-c3ccccc3-c3ccccc3C43c4ccccc4-c4ccccc43)nc2)cc1. The fourth-order valence-electron chi connectivity index (χ4n) is 7.68. The monoisotopic (exact) mass is 570 g/mol. The zero-order valence-corrected chi connectivity index (χ0v) is 24.4. The number of nitriles is 1. The molecule has 2 aliphatic rings. The molecule has 0 radical (unpaired) electrons. The first-order valence-electron chi connectivity index (χ1n) is 15.3. The van der Waals surface area contributed by atoms with Gasteiger partial charge in [0.25, 0.3) is 0 Å². The lowest BCUT2D eigenvalue weighted by atomic mass is 9.66. The molecule has 0 saturated carbocycles. The summed E-state index contributed by atoms with van der Waals surface area (Å²) in [7, 11) is 0. The van der Waals surface area contributed by atoms with Crippen LogP contribution in [0.4, 0.5) is 0 Å². The van der Waals surface area contributed by atoms with E-state index < -0.39 is 5.41 Å². The highest BCUT2D eigenvalue weighted by atomic mass is 14.7. The van der Waals surface area contributed by atoms with Crippen LogP contribution in [0.15, 0.2) is 158 Å². The van der Waals surface area contributed by atoms with Gasteiger partial charge in [-0.25, -0.2) is 0 Å². The van der Waals surface area contributed by atoms with Crippen molar-refractivity contribution in [3.63, 3.8) is 0 Å². The lowest BCUT2D eigenvalue weighted by molar-refractivity contribution is 0.775. The van der Waals surface area contributed by atoms with Crippen molar-refractivity contribution in [2.45, 2.75) is 5.41 Å². The molecule has 45 heavy (non-hydrogen) atoms. The molecule has 208 valence electrons. The molecule has 2 nitrogen and oxygen atoms in total. The Hall–Kier alpha value is -6.04. The van der Waals surface area contributed by atoms with Crippen LogP contribution >= 0.6 is 0 Å². The summed E-state index contributed by atoms with van der Waals surface area (Å²) < 4.78 is 0. The van der Waals surface area contributed by atoms with E-state index in [1.165, 1.54) is 55.6 Å². The summed E-state index contributed by atoms with van der Waals surface area (Å²) in [6, 6.07) is 56.6. The van der Waals surface area contributed by atoms with Crippen LogP contribution in [0.3, 0.4) is 0 Å². The van der Waals surface area contributed by atoms with Crippen LogP contribution in [0.25, 0.3) is 55.8 Å². The summed E-state index contributed by atoms with van der Waals surface area (Å²) in [6.07, 6.45) is 1.93. The Kier molecular flexibility index (Phi) is 5.51. The maximum atomic E-state index is 9.18. The van der Waals surface area contributed by atoms with Gasteiger partial charge in [0.15, 0.2) is 0 Å². The number of aromatic nitrogens is 1. The van der Waals surface area contributed by atoms with E-state index >= 15 is 0 Å². The van der Waals surface area contributed by atoms with Crippen molar-refractivity contribution in [3.8, 4) is 61.8 Å². The first kappa shape index (κ1) is 25.5. The smallest absolute Gasteiger partial charge is 0.0991 e. The Labute approximate surface area is 262 Å². The molecule has 0 unspecified atom stereocenters. The fraction of sp³-hybridized carbons (Fsp3) is 0.0233. The maximum absolute atomic E-state index is 9.18. The van der Waals surface area contributed by atoms with Gasteiger partial charge in [0.2, 0.25) is 0 Å². The van der Waals surface area contributed by atoms with Crippen molar-refractivity contribution < 1.29 is 0 Å². The van der Waals surface area contributed by atoms with Crippen molar-refractivity contribution in [1.82, 2.24) is 4.98 Å². The van der Waals surface area contributed by atoms with E-state index in [0.29, 0.717) is 5.56 Å². The third kappa shape index (κ3) is 3.59. The van der Waals surface area contributed by atoms with Gasteiger partial charge in [0.05, 0.1) is 22.7 Å². The Balaban J connectivity index is 1.30. The summed E-state index contributed by atoms with van der Waals surface area (Å²) in [5.41, 5.74) is 17.1. The van der Waals surface area contributed by atoms with Gasteiger partial charge in [0.1, 0.15) is 0 Å². The van der Waals surface area contributed by atoms with E-state index in [1.54, 1.807) is 0 Å². The summed E-state index contributed by atoms with van der Waals surface area (Å²) in [5, 5.41) is 9.18. The number of pyridine rings is 1. The Morgan fingerprint density at radius 1 is 0.422 bits per heavy atom. The second kappa shape index (κ2) is 9.74. The summed E-state index contributed by atoms with van der Waals surface area (Å²) >= 11 is 0. The van der Waals surface area contributed by atoms with Crippen LogP contribution < -0.4 is 0 Å². The third-order valence-electron chi connectivity index (χ3n) is 9.62. The molecule has 0 saturated heterocycles. The molecule has 0 aliphatic heterocycles. The van der Waals surface area contributed by atoms with Crippen LogP contribution in [-0.2, 0) is 5.41 Å². The molecule has 1 spiro atoms. The molecular weight excluding hydrogens is 544 g/mol. The molecule has 6 aromatic carbocycles. The minimum Gasteiger partial charge on any atom is -0.256 e. The third-order valence-corrected chi connectivity index (χ3v) is 9.62. The number of benzene rings is 6. The van der Waals surface area contributed by atoms with Gasteiger partial charge < -0.3 is 0 Å². The molecule has 2 aliphatic carbocycles. The average molecular weight is 571 g/mol. The van der Waals surface area contributed by atoms with Gasteiger partial charge in [-0.2, -0.15) is 5.26 Å². The fourth-order valence-corrected chi connectivity index (χ4v) is 7.68. The van der Waals surface area contributed by atoms with E-state index in [4.69, 9.17) is 4.98 Å². The van der Waals surface area contributed by atoms with Gasteiger partial charge in [-0.15, -0.1) is 0 Å². The molecule has 0 fully saturated rings. The summed E-state index contributed by atoms with van der Waals surface area (Å²) in [4.78, 5) is 4.93. The number of rotatable bonds is 2. The number of hydrogen-bond acceptors (Lipinski definition) is 2. The van der Waals surface area contributed by atoms with Crippen LogP contribution in [0.2, 0.25) is 0 Å². The largest absolute Gasteiger partial charge is 0.256 e. The first-order chi connectivity index (χ1) is 22.3. The minimum absolute atomic E-state index is 0.469. The van der Waals surface area contributed by atoms with Crippen LogP contribution in [-0.4, -0.2) is 4.98 Å². The number of fused-ring (bicyclic) bond motifs is 12. The zero-order valence-electron chi connectivity index (χ0n) is 24.4. The van der Waals surface area contributed by atoms with E-state index in [2.05, 4.69) is 133 Å². The van der Waals surface area contributed by atoms with Gasteiger partial charge in [-0.3, -0.25) is 4.98 Å². The first-order valence-corrected chi connectivity index (χ1v) is 15.3. The molecule has 0 bridgehead atoms. The second-order valence-electron chi connectivity index (χ2n) is 11.8. The predicted molar refractivity (Wildman–Crippen MR) is 182 cm³/mol. The van der Waals surface area contributed by atoms with E-state index in [1.807, 2.05) is 30.5 Å². The van der Waals surface area contributed by atoms with E-state index in [0.717, 1.165) is 22.4 Å². The number of nitrogens with zero attached hydrogens (tertiary/aromatic N) is 2. The standard InChI is InChI=1S/C43H26N2/c44-26-28-17-19-29(20-18-28)31-22-24-42(45-27-31)30-21-23-41-37(25-30)33-10-2-1-9-32(33)34-11-3-6-14-38(34)43(41)39-15-7-4-12-35(39)36-13-5-8-16-40(36)43/h1-25,27H. The van der Waals surface area contributed by atoms with Crippen molar-refractivity contribution in [2.24, 2.45) is 0 Å². The van der Waals surface area contributed by atoms with Gasteiger partial charge in [-0.1, -0.05) is 127 Å². The normalized spacial score (nSPS) is 13.0. The summed E-state index contributed by atoms with van der Waals surface area (Å²) in [5.74, 6) is 0. The Morgan fingerprint density at radius 2 is 0.889 bits per heavy atom. The van der Waals surface area contributed by atoms with E-state index in [-0.39, 0.29) is 0 Å². The highest BCUT2D eigenvalue weighted by Crippen LogP contribution is 2.61. The number of hydrogen-bond donors (Lipinski definition) is 0. The van der Waals surface area contributed by atoms with Gasteiger partial charge in [-0.05, 0) is 85.5 Å². The lowest BCUT2D eigenvalue weighted by Crippen LogP contribution is -2.29. The topological polar surface area (TPSA) is 36.7 Å². The Morgan fingerprint density at radius 3 is 1.44 bits per heavy atom.